The number of rotatable bonds is 7. The van der Waals surface area contributed by atoms with Gasteiger partial charge in [0.15, 0.2) is 0 Å². The Balaban J connectivity index is 3.16. The van der Waals surface area contributed by atoms with Crippen molar-refractivity contribution >= 4 is 29.2 Å². The number of hydrogen-bond donors (Lipinski definition) is 2. The fourth-order valence-electron chi connectivity index (χ4n) is 1.70. The minimum atomic E-state index is -0.585. The number of halogens is 1. The van der Waals surface area contributed by atoms with Gasteiger partial charge in [-0.05, 0) is 6.42 Å². The Morgan fingerprint density at radius 3 is 2.32 bits per heavy atom. The van der Waals surface area contributed by atoms with Crippen LogP contribution in [0.1, 0.15) is 18.9 Å². The molecule has 8 heteroatoms. The Labute approximate surface area is 115 Å². The van der Waals surface area contributed by atoms with Gasteiger partial charge >= 0.3 is 0 Å². The molecule has 19 heavy (non-hydrogen) atoms. The molecule has 0 bridgehead atoms. The largest absolute Gasteiger partial charge is 0.368 e. The molecule has 4 N–H and O–H groups in total. The molecule has 2 amide bonds. The minimum Gasteiger partial charge on any atom is -0.368 e. The predicted octanol–water partition coefficient (Wildman–Crippen LogP) is -0.140. The van der Waals surface area contributed by atoms with Crippen molar-refractivity contribution in [3.8, 4) is 0 Å². The van der Waals surface area contributed by atoms with E-state index in [2.05, 4.69) is 9.97 Å². The van der Waals surface area contributed by atoms with Crippen LogP contribution in [0.3, 0.4) is 0 Å². The molecule has 0 aliphatic heterocycles. The van der Waals surface area contributed by atoms with Gasteiger partial charge in [0.05, 0.1) is 13.1 Å². The Morgan fingerprint density at radius 2 is 1.84 bits per heavy atom. The highest BCUT2D eigenvalue weighted by Gasteiger charge is 2.19. The lowest BCUT2D eigenvalue weighted by Gasteiger charge is -2.23. The molecule has 1 aromatic rings. The standard InChI is InChI=1S/C11H16ClN5O2/c1-2-3-7-10(12)15-6-16-11(7)17(4-8(13)18)5-9(14)19/h6H,2-5H2,1H3,(H2,13,18)(H2,14,19). The van der Waals surface area contributed by atoms with Gasteiger partial charge < -0.3 is 16.4 Å². The lowest BCUT2D eigenvalue weighted by molar-refractivity contribution is -0.117. The summed E-state index contributed by atoms with van der Waals surface area (Å²) >= 11 is 6.02. The normalized spacial score (nSPS) is 10.2. The molecule has 0 aliphatic carbocycles. The molecule has 0 unspecified atom stereocenters. The van der Waals surface area contributed by atoms with Crippen LogP contribution in [0.25, 0.3) is 0 Å². The summed E-state index contributed by atoms with van der Waals surface area (Å²) in [7, 11) is 0. The molecular formula is C11H16ClN5O2. The summed E-state index contributed by atoms with van der Waals surface area (Å²) in [6, 6.07) is 0. The van der Waals surface area contributed by atoms with Crippen molar-refractivity contribution in [2.75, 3.05) is 18.0 Å². The van der Waals surface area contributed by atoms with Crippen LogP contribution in [0.4, 0.5) is 5.82 Å². The zero-order valence-electron chi connectivity index (χ0n) is 10.6. The number of hydrogen-bond acceptors (Lipinski definition) is 5. The van der Waals surface area contributed by atoms with Crippen LogP contribution in [-0.4, -0.2) is 34.9 Å². The van der Waals surface area contributed by atoms with Crippen LogP contribution >= 0.6 is 11.6 Å². The second-order valence-corrected chi connectivity index (χ2v) is 4.36. The van der Waals surface area contributed by atoms with Gasteiger partial charge in [0.1, 0.15) is 17.3 Å². The lowest BCUT2D eigenvalue weighted by Crippen LogP contribution is -2.40. The molecule has 0 aliphatic rings. The Morgan fingerprint density at radius 1 is 1.26 bits per heavy atom. The lowest BCUT2D eigenvalue weighted by atomic mass is 10.1. The topological polar surface area (TPSA) is 115 Å². The SMILES string of the molecule is CCCc1c(Cl)ncnc1N(CC(N)=O)CC(N)=O. The van der Waals surface area contributed by atoms with E-state index in [4.69, 9.17) is 23.1 Å². The summed E-state index contributed by atoms with van der Waals surface area (Å²) in [6.45, 7) is 1.65. The number of amides is 2. The van der Waals surface area contributed by atoms with E-state index in [0.717, 1.165) is 6.42 Å². The summed E-state index contributed by atoms with van der Waals surface area (Å²) in [5.41, 5.74) is 11.0. The van der Waals surface area contributed by atoms with Crippen LogP contribution in [-0.2, 0) is 16.0 Å². The van der Waals surface area contributed by atoms with Crippen LogP contribution in [0.15, 0.2) is 6.33 Å². The van der Waals surface area contributed by atoms with Crippen molar-refractivity contribution in [2.45, 2.75) is 19.8 Å². The van der Waals surface area contributed by atoms with Gasteiger partial charge in [0.25, 0.3) is 0 Å². The highest BCUT2D eigenvalue weighted by Crippen LogP contribution is 2.24. The van der Waals surface area contributed by atoms with Gasteiger partial charge in [-0.1, -0.05) is 24.9 Å². The number of primary amides is 2. The van der Waals surface area contributed by atoms with Crippen molar-refractivity contribution in [2.24, 2.45) is 11.5 Å². The van der Waals surface area contributed by atoms with Crippen LogP contribution < -0.4 is 16.4 Å². The van der Waals surface area contributed by atoms with Crippen molar-refractivity contribution in [1.82, 2.24) is 9.97 Å². The highest BCUT2D eigenvalue weighted by atomic mass is 35.5. The van der Waals surface area contributed by atoms with E-state index in [0.29, 0.717) is 23.0 Å². The maximum Gasteiger partial charge on any atom is 0.237 e. The third-order valence-corrected chi connectivity index (χ3v) is 2.69. The van der Waals surface area contributed by atoms with Crippen LogP contribution in [0, 0.1) is 0 Å². The fourth-order valence-corrected chi connectivity index (χ4v) is 1.92. The highest BCUT2D eigenvalue weighted by molar-refractivity contribution is 6.30. The van der Waals surface area contributed by atoms with Gasteiger partial charge in [0.2, 0.25) is 11.8 Å². The molecule has 0 aromatic carbocycles. The molecule has 7 nitrogen and oxygen atoms in total. The zero-order chi connectivity index (χ0) is 14.4. The Kier molecular flexibility index (Phi) is 5.50. The first-order valence-corrected chi connectivity index (χ1v) is 6.14. The van der Waals surface area contributed by atoms with E-state index in [-0.39, 0.29) is 13.1 Å². The molecule has 0 saturated carbocycles. The van der Waals surface area contributed by atoms with Crippen LogP contribution in [0.5, 0.6) is 0 Å². The van der Waals surface area contributed by atoms with Gasteiger partial charge in [0, 0.05) is 5.56 Å². The van der Waals surface area contributed by atoms with E-state index < -0.39 is 11.8 Å². The summed E-state index contributed by atoms with van der Waals surface area (Å²) in [5, 5.41) is 0.297. The van der Waals surface area contributed by atoms with Gasteiger partial charge in [-0.3, -0.25) is 9.59 Å². The first-order valence-electron chi connectivity index (χ1n) is 5.76. The molecule has 0 atom stereocenters. The Hall–Kier alpha value is -1.89. The molecule has 1 rings (SSSR count). The smallest absolute Gasteiger partial charge is 0.237 e. The second kappa shape index (κ2) is 6.89. The first-order chi connectivity index (χ1) is 8.95. The van der Waals surface area contributed by atoms with Crippen molar-refractivity contribution in [3.05, 3.63) is 17.0 Å². The summed E-state index contributed by atoms with van der Waals surface area (Å²) in [6.07, 6.45) is 2.72. The monoisotopic (exact) mass is 285 g/mol. The molecule has 1 heterocycles. The summed E-state index contributed by atoms with van der Waals surface area (Å²) < 4.78 is 0. The van der Waals surface area contributed by atoms with E-state index in [1.165, 1.54) is 11.2 Å². The average Bonchev–Trinajstić information content (AvgIpc) is 2.30. The van der Waals surface area contributed by atoms with E-state index in [1.807, 2.05) is 6.92 Å². The molecule has 0 fully saturated rings. The number of nitrogens with zero attached hydrogens (tertiary/aromatic N) is 3. The number of carbonyl (C=O) groups excluding carboxylic acids is 2. The minimum absolute atomic E-state index is 0.160. The third-order valence-electron chi connectivity index (χ3n) is 2.36. The van der Waals surface area contributed by atoms with Crippen molar-refractivity contribution < 1.29 is 9.59 Å². The quantitative estimate of drug-likeness (QED) is 0.677. The van der Waals surface area contributed by atoms with Gasteiger partial charge in [-0.25, -0.2) is 9.97 Å². The number of carbonyl (C=O) groups is 2. The molecular weight excluding hydrogens is 270 g/mol. The van der Waals surface area contributed by atoms with Gasteiger partial charge in [-0.15, -0.1) is 0 Å². The van der Waals surface area contributed by atoms with E-state index in [1.54, 1.807) is 0 Å². The molecule has 0 spiro atoms. The first kappa shape index (κ1) is 15.2. The summed E-state index contributed by atoms with van der Waals surface area (Å²) in [5.74, 6) is -0.753. The second-order valence-electron chi connectivity index (χ2n) is 4.01. The zero-order valence-corrected chi connectivity index (χ0v) is 11.4. The molecule has 0 saturated heterocycles. The van der Waals surface area contributed by atoms with Crippen LogP contribution in [0.2, 0.25) is 5.15 Å². The fraction of sp³-hybridized carbons (Fsp3) is 0.455. The van der Waals surface area contributed by atoms with Crippen molar-refractivity contribution in [1.29, 1.82) is 0 Å². The third kappa shape index (κ3) is 4.36. The Bertz CT molecular complexity index is 464. The number of anilines is 1. The average molecular weight is 286 g/mol. The van der Waals surface area contributed by atoms with E-state index >= 15 is 0 Å². The van der Waals surface area contributed by atoms with Gasteiger partial charge in [-0.2, -0.15) is 0 Å². The molecule has 104 valence electrons. The maximum atomic E-state index is 11.1. The molecule has 0 radical (unpaired) electrons. The van der Waals surface area contributed by atoms with E-state index in [9.17, 15) is 9.59 Å². The maximum absolute atomic E-state index is 11.1. The summed E-state index contributed by atoms with van der Waals surface area (Å²) in [4.78, 5) is 31.5. The van der Waals surface area contributed by atoms with Crippen molar-refractivity contribution in [3.63, 3.8) is 0 Å². The number of aromatic nitrogens is 2. The molecule has 1 aromatic heterocycles. The number of nitrogens with two attached hydrogens (primary N) is 2. The predicted molar refractivity (Wildman–Crippen MR) is 71.6 cm³/mol.